The second kappa shape index (κ2) is 7.59. The van der Waals surface area contributed by atoms with Crippen LogP contribution in [0.15, 0.2) is 0 Å². The summed E-state index contributed by atoms with van der Waals surface area (Å²) in [5, 5.41) is 0. The van der Waals surface area contributed by atoms with Gasteiger partial charge in [0.05, 0.1) is 0 Å². The van der Waals surface area contributed by atoms with Gasteiger partial charge in [-0.2, -0.15) is 0 Å². The summed E-state index contributed by atoms with van der Waals surface area (Å²) in [5.41, 5.74) is 0. The molecule has 0 spiro atoms. The molecule has 0 aromatic heterocycles. The van der Waals surface area contributed by atoms with Gasteiger partial charge in [-0.25, -0.2) is 0 Å². The van der Waals surface area contributed by atoms with Crippen LogP contribution in [0.4, 0.5) is 0 Å². The number of hydrogen-bond acceptors (Lipinski definition) is 0. The minimum atomic E-state index is 0. The van der Waals surface area contributed by atoms with E-state index in [4.69, 9.17) is 0 Å². The van der Waals surface area contributed by atoms with Gasteiger partial charge < -0.3 is 0 Å². The van der Waals surface area contributed by atoms with Gasteiger partial charge in [0.25, 0.3) is 0 Å². The van der Waals surface area contributed by atoms with E-state index in [1.54, 1.807) is 0 Å². The van der Waals surface area contributed by atoms with Crippen molar-refractivity contribution in [1.29, 1.82) is 0 Å². The average molecular weight is 241 g/mol. The SMILES string of the molecule is CCC[Si](C)C.[Ce]. The van der Waals surface area contributed by atoms with Crippen molar-refractivity contribution in [3.63, 3.8) is 0 Å². The Hall–Kier alpha value is 1.59. The molecule has 7 heavy (non-hydrogen) atoms. The van der Waals surface area contributed by atoms with Crippen LogP contribution >= 0.6 is 0 Å². The van der Waals surface area contributed by atoms with Crippen molar-refractivity contribution in [3.05, 3.63) is 0 Å². The summed E-state index contributed by atoms with van der Waals surface area (Å²) < 4.78 is 0. The molecule has 1 radical (unpaired) electrons. The van der Waals surface area contributed by atoms with Crippen molar-refractivity contribution in [1.82, 2.24) is 0 Å². The molecule has 0 amide bonds. The Kier molecular flexibility index (Phi) is 12.4. The Labute approximate surface area is 82.1 Å². The minimum Gasteiger partial charge on any atom is -0.0713 e. The molecule has 0 nitrogen and oxygen atoms in total. The van der Waals surface area contributed by atoms with Crippen molar-refractivity contribution in [2.45, 2.75) is 32.5 Å². The first-order valence-electron chi connectivity index (χ1n) is 2.56. The smallest absolute Gasteiger partial charge is 0.0412 e. The summed E-state index contributed by atoms with van der Waals surface area (Å²) in [7, 11) is 0.114. The van der Waals surface area contributed by atoms with Gasteiger partial charge in [0.15, 0.2) is 0 Å². The fraction of sp³-hybridized carbons (Fsp3) is 1.00. The molecular formula is C5H13CeSi. The summed E-state index contributed by atoms with van der Waals surface area (Å²) in [6.07, 6.45) is 1.38. The molecule has 0 fully saturated rings. The maximum atomic E-state index is 2.36. The van der Waals surface area contributed by atoms with Gasteiger partial charge in [-0.1, -0.05) is 32.5 Å². The van der Waals surface area contributed by atoms with Crippen LogP contribution in [0.2, 0.25) is 19.1 Å². The van der Waals surface area contributed by atoms with Gasteiger partial charge in [0.1, 0.15) is 0 Å². The molecule has 41 valence electrons. The van der Waals surface area contributed by atoms with Crippen LogP contribution in [0.5, 0.6) is 0 Å². The fourth-order valence-corrected chi connectivity index (χ4v) is 1.50. The summed E-state index contributed by atoms with van der Waals surface area (Å²) in [6, 6.07) is 1.48. The second-order valence-corrected chi connectivity index (χ2v) is 4.87. The van der Waals surface area contributed by atoms with Gasteiger partial charge in [0.2, 0.25) is 0 Å². The molecule has 0 N–H and O–H groups in total. The molecule has 0 aromatic rings. The van der Waals surface area contributed by atoms with E-state index in [0.717, 1.165) is 0 Å². The third-order valence-corrected chi connectivity index (χ3v) is 2.25. The van der Waals surface area contributed by atoms with E-state index < -0.39 is 0 Å². The Balaban J connectivity index is 0. The molecular weight excluding hydrogens is 228 g/mol. The molecule has 0 aliphatic heterocycles. The normalized spacial score (nSPS) is 8.57. The van der Waals surface area contributed by atoms with Crippen molar-refractivity contribution < 1.29 is 41.7 Å². The van der Waals surface area contributed by atoms with E-state index in [1.165, 1.54) is 12.5 Å². The molecule has 0 saturated heterocycles. The van der Waals surface area contributed by atoms with Gasteiger partial charge in [0, 0.05) is 50.5 Å². The zero-order chi connectivity index (χ0) is 4.99. The number of rotatable bonds is 2. The summed E-state index contributed by atoms with van der Waals surface area (Å²) in [5.74, 6) is 0. The number of hydrogen-bond donors (Lipinski definition) is 0. The third-order valence-electron chi connectivity index (χ3n) is 0.750. The van der Waals surface area contributed by atoms with Crippen LogP contribution in [0.1, 0.15) is 13.3 Å². The van der Waals surface area contributed by atoms with Crippen molar-refractivity contribution in [2.75, 3.05) is 0 Å². The largest absolute Gasteiger partial charge is 0.0713 e. The molecule has 0 aliphatic rings. The summed E-state index contributed by atoms with van der Waals surface area (Å²) >= 11 is 0. The fourth-order valence-electron chi connectivity index (χ4n) is 0.500. The molecule has 0 rings (SSSR count). The van der Waals surface area contributed by atoms with Crippen LogP contribution in [-0.4, -0.2) is 8.80 Å². The summed E-state index contributed by atoms with van der Waals surface area (Å²) in [6.45, 7) is 6.96. The van der Waals surface area contributed by atoms with E-state index in [-0.39, 0.29) is 50.5 Å². The van der Waals surface area contributed by atoms with E-state index in [1.807, 2.05) is 0 Å². The monoisotopic (exact) mass is 241 g/mol. The quantitative estimate of drug-likeness (QED) is 0.650. The van der Waals surface area contributed by atoms with Crippen LogP contribution in [0.3, 0.4) is 0 Å². The van der Waals surface area contributed by atoms with Crippen LogP contribution in [-0.2, 0) is 0 Å². The van der Waals surface area contributed by atoms with Crippen molar-refractivity contribution >= 4 is 8.80 Å². The maximum absolute atomic E-state index is 2.36. The molecule has 0 aliphatic carbocycles. The van der Waals surface area contributed by atoms with Crippen molar-refractivity contribution in [3.8, 4) is 0 Å². The zero-order valence-electron chi connectivity index (χ0n) is 5.41. The molecule has 0 unspecified atom stereocenters. The van der Waals surface area contributed by atoms with Crippen LogP contribution in [0, 0.1) is 41.7 Å². The molecule has 0 bridgehead atoms. The Morgan fingerprint density at radius 1 is 1.29 bits per heavy atom. The molecule has 0 atom stereocenters. The maximum Gasteiger partial charge on any atom is 0.0412 e. The summed E-state index contributed by atoms with van der Waals surface area (Å²) in [4.78, 5) is 0. The van der Waals surface area contributed by atoms with E-state index in [0.29, 0.717) is 0 Å². The molecule has 0 heterocycles. The van der Waals surface area contributed by atoms with Gasteiger partial charge in [-0.3, -0.25) is 0 Å². The van der Waals surface area contributed by atoms with Crippen LogP contribution < -0.4 is 0 Å². The zero-order valence-corrected chi connectivity index (χ0v) is 9.55. The van der Waals surface area contributed by atoms with E-state index in [9.17, 15) is 0 Å². The third kappa shape index (κ3) is 11.3. The van der Waals surface area contributed by atoms with Crippen LogP contribution in [0.25, 0.3) is 0 Å². The molecule has 0 aromatic carbocycles. The van der Waals surface area contributed by atoms with Gasteiger partial charge in [-0.05, 0) is 0 Å². The molecule has 0 saturated carbocycles. The Morgan fingerprint density at radius 2 is 1.71 bits per heavy atom. The van der Waals surface area contributed by atoms with E-state index in [2.05, 4.69) is 20.0 Å². The first-order chi connectivity index (χ1) is 2.77. The first kappa shape index (κ1) is 11.4. The van der Waals surface area contributed by atoms with E-state index >= 15 is 0 Å². The second-order valence-electron chi connectivity index (χ2n) is 1.96. The standard InChI is InChI=1S/C5H13Si.Ce/c1-4-5-6(2)3;/h4-5H2,1-3H3;. The predicted octanol–water partition coefficient (Wildman–Crippen LogP) is 2.15. The topological polar surface area (TPSA) is 0 Å². The Bertz CT molecular complexity index is 29.3. The van der Waals surface area contributed by atoms with Gasteiger partial charge >= 0.3 is 0 Å². The van der Waals surface area contributed by atoms with Crippen molar-refractivity contribution in [2.24, 2.45) is 0 Å². The average Bonchev–Trinajstić information content (AvgIpc) is 1.35. The Morgan fingerprint density at radius 3 is 1.71 bits per heavy atom. The predicted molar refractivity (Wildman–Crippen MR) is 32.6 cm³/mol. The first-order valence-corrected chi connectivity index (χ1v) is 5.27. The minimum absolute atomic E-state index is 0. The van der Waals surface area contributed by atoms with Gasteiger partial charge in [-0.15, -0.1) is 0 Å². The molecule has 2 heteroatoms.